The second kappa shape index (κ2) is 7.02. The van der Waals surface area contributed by atoms with Gasteiger partial charge in [-0.1, -0.05) is 32.6 Å². The molecule has 1 aliphatic rings. The number of fused-ring (bicyclic) bond motifs is 1. The summed E-state index contributed by atoms with van der Waals surface area (Å²) >= 11 is 0. The van der Waals surface area contributed by atoms with Gasteiger partial charge in [-0.25, -0.2) is 9.78 Å². The van der Waals surface area contributed by atoms with E-state index in [0.29, 0.717) is 11.6 Å². The van der Waals surface area contributed by atoms with E-state index in [1.165, 1.54) is 26.4 Å². The van der Waals surface area contributed by atoms with Gasteiger partial charge in [-0.05, 0) is 25.3 Å². The van der Waals surface area contributed by atoms with Gasteiger partial charge in [-0.3, -0.25) is 0 Å². The van der Waals surface area contributed by atoms with Crippen LogP contribution in [-0.4, -0.2) is 29.1 Å². The first-order chi connectivity index (χ1) is 11.2. The average Bonchev–Trinajstić information content (AvgIpc) is 2.99. The van der Waals surface area contributed by atoms with Crippen LogP contribution < -0.4 is 5.32 Å². The Bertz CT molecular complexity index is 687. The number of H-pyrrole nitrogens is 1. The Morgan fingerprint density at radius 3 is 2.87 bits per heavy atom. The van der Waals surface area contributed by atoms with Crippen molar-refractivity contribution in [1.82, 2.24) is 9.97 Å². The maximum absolute atomic E-state index is 12.1. The van der Waals surface area contributed by atoms with E-state index in [1.54, 1.807) is 6.20 Å². The molecule has 0 atom stereocenters. The summed E-state index contributed by atoms with van der Waals surface area (Å²) in [5.41, 5.74) is 3.38. The molecule has 2 aromatic rings. The standard InChI is InChI=1S/C18H25N3O2/c1-3-7-13-10-14-16(20-12-8-5-4-6-9-12)15(18(22)23-2)11-19-17(14)21-13/h10-12H,3-9H2,1-2H3,(H2,19,20,21). The zero-order valence-corrected chi connectivity index (χ0v) is 13.9. The normalized spacial score (nSPS) is 15.7. The maximum atomic E-state index is 12.1. The van der Waals surface area contributed by atoms with E-state index < -0.39 is 0 Å². The summed E-state index contributed by atoms with van der Waals surface area (Å²) in [5, 5.41) is 4.59. The molecule has 0 radical (unpaired) electrons. The van der Waals surface area contributed by atoms with Crippen molar-refractivity contribution in [2.45, 2.75) is 57.9 Å². The van der Waals surface area contributed by atoms with Gasteiger partial charge < -0.3 is 15.0 Å². The molecular formula is C18H25N3O2. The fourth-order valence-corrected chi connectivity index (χ4v) is 3.40. The van der Waals surface area contributed by atoms with Crippen LogP contribution in [-0.2, 0) is 11.2 Å². The lowest BCUT2D eigenvalue weighted by Gasteiger charge is -2.25. The van der Waals surface area contributed by atoms with Gasteiger partial charge in [0, 0.05) is 23.3 Å². The number of aromatic nitrogens is 2. The third-order valence-electron chi connectivity index (χ3n) is 4.59. The molecule has 1 fully saturated rings. The highest BCUT2D eigenvalue weighted by Gasteiger charge is 2.21. The van der Waals surface area contributed by atoms with Crippen molar-refractivity contribution in [3.63, 3.8) is 0 Å². The van der Waals surface area contributed by atoms with E-state index in [1.807, 2.05) is 0 Å². The van der Waals surface area contributed by atoms with Crippen molar-refractivity contribution in [3.05, 3.63) is 23.5 Å². The molecule has 0 unspecified atom stereocenters. The minimum absolute atomic E-state index is 0.337. The van der Waals surface area contributed by atoms with Crippen molar-refractivity contribution in [2.75, 3.05) is 12.4 Å². The van der Waals surface area contributed by atoms with Crippen molar-refractivity contribution in [3.8, 4) is 0 Å². The third kappa shape index (κ3) is 3.33. The number of methoxy groups -OCH3 is 1. The van der Waals surface area contributed by atoms with Crippen LogP contribution in [0.25, 0.3) is 11.0 Å². The van der Waals surface area contributed by atoms with Gasteiger partial charge >= 0.3 is 5.97 Å². The van der Waals surface area contributed by atoms with Crippen LogP contribution in [0.15, 0.2) is 12.3 Å². The molecule has 23 heavy (non-hydrogen) atoms. The highest BCUT2D eigenvalue weighted by atomic mass is 16.5. The molecule has 2 aromatic heterocycles. The monoisotopic (exact) mass is 315 g/mol. The molecule has 0 bridgehead atoms. The Morgan fingerprint density at radius 2 is 2.17 bits per heavy atom. The van der Waals surface area contributed by atoms with E-state index >= 15 is 0 Å². The molecule has 1 saturated carbocycles. The number of aromatic amines is 1. The van der Waals surface area contributed by atoms with Gasteiger partial charge in [-0.15, -0.1) is 0 Å². The van der Waals surface area contributed by atoms with Crippen molar-refractivity contribution < 1.29 is 9.53 Å². The first-order valence-electron chi connectivity index (χ1n) is 8.58. The third-order valence-corrected chi connectivity index (χ3v) is 4.59. The number of carbonyl (C=O) groups is 1. The van der Waals surface area contributed by atoms with E-state index in [0.717, 1.165) is 48.1 Å². The van der Waals surface area contributed by atoms with Crippen LogP contribution in [0.1, 0.15) is 61.5 Å². The van der Waals surface area contributed by atoms with Gasteiger partial charge in [-0.2, -0.15) is 0 Å². The van der Waals surface area contributed by atoms with E-state index in [2.05, 4.69) is 28.3 Å². The lowest BCUT2D eigenvalue weighted by Crippen LogP contribution is -2.24. The summed E-state index contributed by atoms with van der Waals surface area (Å²) in [5.74, 6) is -0.337. The molecular weight excluding hydrogens is 290 g/mol. The highest BCUT2D eigenvalue weighted by Crippen LogP contribution is 2.31. The average molecular weight is 315 g/mol. The smallest absolute Gasteiger partial charge is 0.341 e. The van der Waals surface area contributed by atoms with Gasteiger partial charge in [0.1, 0.15) is 11.2 Å². The number of rotatable bonds is 5. The number of nitrogens with zero attached hydrogens (tertiary/aromatic N) is 1. The first kappa shape index (κ1) is 15.8. The quantitative estimate of drug-likeness (QED) is 0.817. The number of esters is 1. The van der Waals surface area contributed by atoms with Gasteiger partial charge in [0.05, 0.1) is 12.8 Å². The Balaban J connectivity index is 2.02. The van der Waals surface area contributed by atoms with E-state index in [4.69, 9.17) is 4.74 Å². The summed E-state index contributed by atoms with van der Waals surface area (Å²) < 4.78 is 4.94. The lowest BCUT2D eigenvalue weighted by atomic mass is 9.95. The largest absolute Gasteiger partial charge is 0.465 e. The highest BCUT2D eigenvalue weighted by molar-refractivity contribution is 6.04. The SMILES string of the molecule is CCCc1cc2c(NC3CCCCC3)c(C(=O)OC)cnc2[nH]1. The topological polar surface area (TPSA) is 67.0 Å². The number of anilines is 1. The second-order valence-electron chi connectivity index (χ2n) is 6.32. The minimum Gasteiger partial charge on any atom is -0.465 e. The van der Waals surface area contributed by atoms with Gasteiger partial charge in [0.2, 0.25) is 0 Å². The second-order valence-corrected chi connectivity index (χ2v) is 6.32. The zero-order valence-electron chi connectivity index (χ0n) is 13.9. The molecule has 2 N–H and O–H groups in total. The van der Waals surface area contributed by atoms with E-state index in [-0.39, 0.29) is 5.97 Å². The van der Waals surface area contributed by atoms with Gasteiger partial charge in [0.25, 0.3) is 0 Å². The number of ether oxygens (including phenoxy) is 1. The summed E-state index contributed by atoms with van der Waals surface area (Å²) in [4.78, 5) is 19.9. The number of nitrogens with one attached hydrogen (secondary N) is 2. The van der Waals surface area contributed by atoms with E-state index in [9.17, 15) is 4.79 Å². The molecule has 0 spiro atoms. The Kier molecular flexibility index (Phi) is 4.84. The molecule has 1 aliphatic carbocycles. The fourth-order valence-electron chi connectivity index (χ4n) is 3.40. The molecule has 0 aromatic carbocycles. The number of hydrogen-bond donors (Lipinski definition) is 2. The van der Waals surface area contributed by atoms with Crippen LogP contribution in [0.3, 0.4) is 0 Å². The molecule has 3 rings (SSSR count). The van der Waals surface area contributed by atoms with Crippen LogP contribution in [0.5, 0.6) is 0 Å². The van der Waals surface area contributed by atoms with Crippen molar-refractivity contribution in [1.29, 1.82) is 0 Å². The number of pyridine rings is 1. The van der Waals surface area contributed by atoms with Crippen LogP contribution in [0.4, 0.5) is 5.69 Å². The van der Waals surface area contributed by atoms with Crippen molar-refractivity contribution >= 4 is 22.7 Å². The van der Waals surface area contributed by atoms with Crippen LogP contribution in [0.2, 0.25) is 0 Å². The Hall–Kier alpha value is -2.04. The Labute approximate surface area is 136 Å². The molecule has 5 heteroatoms. The van der Waals surface area contributed by atoms with Crippen LogP contribution >= 0.6 is 0 Å². The predicted molar refractivity (Wildman–Crippen MR) is 91.9 cm³/mol. The summed E-state index contributed by atoms with van der Waals surface area (Å²) in [6, 6.07) is 2.53. The number of hydrogen-bond acceptors (Lipinski definition) is 4. The molecule has 124 valence electrons. The molecule has 0 aliphatic heterocycles. The first-order valence-corrected chi connectivity index (χ1v) is 8.58. The van der Waals surface area contributed by atoms with Gasteiger partial charge in [0.15, 0.2) is 0 Å². The summed E-state index contributed by atoms with van der Waals surface area (Å²) in [6.07, 6.45) is 9.76. The predicted octanol–water partition coefficient (Wildman–Crippen LogP) is 4.05. The van der Waals surface area contributed by atoms with Crippen molar-refractivity contribution in [2.24, 2.45) is 0 Å². The lowest BCUT2D eigenvalue weighted by molar-refractivity contribution is 0.0601. The fraction of sp³-hybridized carbons (Fsp3) is 0.556. The minimum atomic E-state index is -0.337. The zero-order chi connectivity index (χ0) is 16.2. The summed E-state index contributed by atoms with van der Waals surface area (Å²) in [7, 11) is 1.41. The summed E-state index contributed by atoms with van der Waals surface area (Å²) in [6.45, 7) is 2.15. The van der Waals surface area contributed by atoms with Crippen LogP contribution in [0, 0.1) is 0 Å². The molecule has 0 saturated heterocycles. The number of aryl methyl sites for hydroxylation is 1. The number of carbonyl (C=O) groups excluding carboxylic acids is 1. The molecule has 0 amide bonds. The maximum Gasteiger partial charge on any atom is 0.341 e. The Morgan fingerprint density at radius 1 is 1.39 bits per heavy atom. The molecule has 2 heterocycles. The molecule has 5 nitrogen and oxygen atoms in total.